The molecule has 8 heavy (non-hydrogen) atoms. The van der Waals surface area contributed by atoms with Crippen LogP contribution in [0.5, 0.6) is 0 Å². The SMILES string of the molecule is C/C=C\S(O)(O)NC. The highest BCUT2D eigenvalue weighted by Crippen LogP contribution is 2.33. The second kappa shape index (κ2) is 3.09. The van der Waals surface area contributed by atoms with Crippen molar-refractivity contribution in [1.29, 1.82) is 0 Å². The van der Waals surface area contributed by atoms with Crippen molar-refractivity contribution in [2.24, 2.45) is 0 Å². The van der Waals surface area contributed by atoms with Gasteiger partial charge in [0.25, 0.3) is 0 Å². The van der Waals surface area contributed by atoms with Gasteiger partial charge in [0, 0.05) is 12.5 Å². The molecule has 0 unspecified atom stereocenters. The molecule has 0 fully saturated rings. The molecule has 0 rings (SSSR count). The maximum Gasteiger partial charge on any atom is 0.0346 e. The molecule has 50 valence electrons. The van der Waals surface area contributed by atoms with Gasteiger partial charge in [0.1, 0.15) is 0 Å². The summed E-state index contributed by atoms with van der Waals surface area (Å²) in [4.78, 5) is 0. The first-order valence-electron chi connectivity index (χ1n) is 2.22. The van der Waals surface area contributed by atoms with E-state index in [0.717, 1.165) is 0 Å². The third kappa shape index (κ3) is 3.04. The Bertz CT molecular complexity index is 92.0. The van der Waals surface area contributed by atoms with Crippen LogP contribution in [-0.2, 0) is 0 Å². The van der Waals surface area contributed by atoms with Crippen LogP contribution in [0.2, 0.25) is 0 Å². The van der Waals surface area contributed by atoms with Crippen LogP contribution < -0.4 is 4.72 Å². The lowest BCUT2D eigenvalue weighted by atomic mass is 10.8. The molecule has 0 saturated heterocycles. The van der Waals surface area contributed by atoms with Crippen LogP contribution in [-0.4, -0.2) is 16.2 Å². The molecule has 0 bridgehead atoms. The maximum absolute atomic E-state index is 8.76. The van der Waals surface area contributed by atoms with Gasteiger partial charge in [-0.3, -0.25) is 9.11 Å². The van der Waals surface area contributed by atoms with Gasteiger partial charge in [-0.05, 0) is 6.92 Å². The Morgan fingerprint density at radius 1 is 1.50 bits per heavy atom. The van der Waals surface area contributed by atoms with Gasteiger partial charge in [-0.15, -0.1) is 10.8 Å². The zero-order valence-corrected chi connectivity index (χ0v) is 5.77. The molecule has 0 spiro atoms. The Morgan fingerprint density at radius 3 is 2.12 bits per heavy atom. The quantitative estimate of drug-likeness (QED) is 0.539. The molecular weight excluding hydrogens is 126 g/mol. The molecule has 4 heteroatoms. The Balaban J connectivity index is 3.71. The van der Waals surface area contributed by atoms with Crippen LogP contribution in [0.1, 0.15) is 6.92 Å². The highest BCUT2D eigenvalue weighted by atomic mass is 32.3. The number of rotatable bonds is 2. The first-order valence-corrected chi connectivity index (χ1v) is 3.83. The zero-order valence-electron chi connectivity index (χ0n) is 4.96. The molecule has 0 aliphatic rings. The Kier molecular flexibility index (Phi) is 3.08. The van der Waals surface area contributed by atoms with Crippen molar-refractivity contribution in [3.05, 3.63) is 11.5 Å². The van der Waals surface area contributed by atoms with E-state index in [1.165, 1.54) is 12.5 Å². The summed E-state index contributed by atoms with van der Waals surface area (Å²) < 4.78 is 19.9. The summed E-state index contributed by atoms with van der Waals surface area (Å²) in [6, 6.07) is 0. The van der Waals surface area contributed by atoms with Gasteiger partial charge in [0.15, 0.2) is 0 Å². The normalized spacial score (nSPS) is 15.0. The lowest BCUT2D eigenvalue weighted by molar-refractivity contribution is 0.489. The van der Waals surface area contributed by atoms with Crippen molar-refractivity contribution in [3.63, 3.8) is 0 Å². The minimum Gasteiger partial charge on any atom is -0.282 e. The average molecular weight is 137 g/mol. The van der Waals surface area contributed by atoms with Gasteiger partial charge < -0.3 is 0 Å². The first kappa shape index (κ1) is 7.97. The van der Waals surface area contributed by atoms with Gasteiger partial charge in [0.2, 0.25) is 0 Å². The molecule has 0 amide bonds. The van der Waals surface area contributed by atoms with Crippen molar-refractivity contribution in [2.45, 2.75) is 6.92 Å². The molecule has 0 aliphatic heterocycles. The number of hydrogen-bond acceptors (Lipinski definition) is 3. The molecule has 0 saturated carbocycles. The van der Waals surface area contributed by atoms with E-state index < -0.39 is 10.8 Å². The fraction of sp³-hybridized carbons (Fsp3) is 0.500. The Hall–Kier alpha value is -0.0300. The van der Waals surface area contributed by atoms with Crippen molar-refractivity contribution < 1.29 is 9.11 Å². The molecule has 0 radical (unpaired) electrons. The third-order valence-electron chi connectivity index (χ3n) is 0.626. The van der Waals surface area contributed by atoms with Gasteiger partial charge in [-0.1, -0.05) is 6.08 Å². The smallest absolute Gasteiger partial charge is 0.0346 e. The van der Waals surface area contributed by atoms with Crippen molar-refractivity contribution in [1.82, 2.24) is 4.72 Å². The van der Waals surface area contributed by atoms with Gasteiger partial charge in [-0.2, -0.15) is 0 Å². The van der Waals surface area contributed by atoms with E-state index >= 15 is 0 Å². The van der Waals surface area contributed by atoms with Gasteiger partial charge >= 0.3 is 0 Å². The summed E-state index contributed by atoms with van der Waals surface area (Å²) in [6.07, 6.45) is 1.59. The van der Waals surface area contributed by atoms with E-state index in [9.17, 15) is 0 Å². The van der Waals surface area contributed by atoms with Crippen molar-refractivity contribution in [2.75, 3.05) is 7.05 Å². The molecule has 3 N–H and O–H groups in total. The largest absolute Gasteiger partial charge is 0.282 e. The van der Waals surface area contributed by atoms with Crippen LogP contribution in [0.15, 0.2) is 11.5 Å². The average Bonchev–Trinajstić information content (AvgIpc) is 1.67. The van der Waals surface area contributed by atoms with Gasteiger partial charge in [0.05, 0.1) is 0 Å². The van der Waals surface area contributed by atoms with Crippen LogP contribution in [0.3, 0.4) is 0 Å². The molecule has 0 aromatic carbocycles. The van der Waals surface area contributed by atoms with E-state index in [1.54, 1.807) is 13.0 Å². The molecule has 0 heterocycles. The van der Waals surface area contributed by atoms with Crippen LogP contribution in [0.4, 0.5) is 0 Å². The van der Waals surface area contributed by atoms with Crippen LogP contribution in [0.25, 0.3) is 0 Å². The Morgan fingerprint density at radius 2 is 2.00 bits per heavy atom. The number of allylic oxidation sites excluding steroid dienone is 1. The Labute approximate surface area is 50.9 Å². The lowest BCUT2D eigenvalue weighted by Crippen LogP contribution is -2.10. The van der Waals surface area contributed by atoms with Crippen molar-refractivity contribution in [3.8, 4) is 0 Å². The topological polar surface area (TPSA) is 52.5 Å². The minimum absolute atomic E-state index is 1.33. The standard InChI is InChI=1S/C4H11NO2S/c1-3-4-8(6,7)5-2/h3-7H,1-2H3/b4-3-. The van der Waals surface area contributed by atoms with Crippen LogP contribution >= 0.6 is 10.8 Å². The number of hydrogen-bond donors (Lipinski definition) is 3. The predicted octanol–water partition coefficient (Wildman–Crippen LogP) is 1.41. The third-order valence-corrected chi connectivity index (χ3v) is 1.88. The summed E-state index contributed by atoms with van der Waals surface area (Å²) in [5, 5.41) is 1.33. The van der Waals surface area contributed by atoms with E-state index in [2.05, 4.69) is 4.72 Å². The fourth-order valence-corrected chi connectivity index (χ4v) is 0.773. The molecule has 0 aliphatic carbocycles. The summed E-state index contributed by atoms with van der Waals surface area (Å²) in [5.41, 5.74) is 0. The minimum atomic E-state index is -2.60. The summed E-state index contributed by atoms with van der Waals surface area (Å²) >= 11 is 0. The predicted molar refractivity (Wildman–Crippen MR) is 36.7 cm³/mol. The maximum atomic E-state index is 8.76. The van der Waals surface area contributed by atoms with E-state index in [1.807, 2.05) is 0 Å². The number of nitrogens with one attached hydrogen (secondary N) is 1. The van der Waals surface area contributed by atoms with Crippen LogP contribution in [0, 0.1) is 0 Å². The molecule has 3 nitrogen and oxygen atoms in total. The molecule has 0 aromatic rings. The fourth-order valence-electron chi connectivity index (χ4n) is 0.258. The molecule has 0 atom stereocenters. The van der Waals surface area contributed by atoms with E-state index in [0.29, 0.717) is 0 Å². The zero-order chi connectivity index (χ0) is 6.62. The highest BCUT2D eigenvalue weighted by Gasteiger charge is 1.98. The summed E-state index contributed by atoms with van der Waals surface area (Å²) in [6.45, 7) is 1.73. The second-order valence-electron chi connectivity index (χ2n) is 1.27. The second-order valence-corrected chi connectivity index (χ2v) is 3.13. The monoisotopic (exact) mass is 137 g/mol. The molecular formula is C4H11NO2S. The first-order chi connectivity index (χ1) is 3.62. The highest BCUT2D eigenvalue weighted by molar-refractivity contribution is 8.25. The van der Waals surface area contributed by atoms with Crippen molar-refractivity contribution >= 4 is 10.8 Å². The van der Waals surface area contributed by atoms with E-state index in [4.69, 9.17) is 9.11 Å². The summed E-state index contributed by atoms with van der Waals surface area (Å²) in [7, 11) is -1.10. The van der Waals surface area contributed by atoms with Gasteiger partial charge in [-0.25, -0.2) is 4.72 Å². The lowest BCUT2D eigenvalue weighted by Gasteiger charge is -2.26. The summed E-state index contributed by atoms with van der Waals surface area (Å²) in [5.74, 6) is 0. The van der Waals surface area contributed by atoms with E-state index in [-0.39, 0.29) is 0 Å². The molecule has 0 aromatic heterocycles.